The van der Waals surface area contributed by atoms with Crippen molar-refractivity contribution in [2.24, 2.45) is 0 Å². The number of aryl methyl sites for hydroxylation is 1. The minimum absolute atomic E-state index is 0.220. The molecule has 2 aliphatic heterocycles. The summed E-state index contributed by atoms with van der Waals surface area (Å²) in [5, 5.41) is 9.31. The van der Waals surface area contributed by atoms with Crippen molar-refractivity contribution in [2.75, 3.05) is 13.1 Å². The summed E-state index contributed by atoms with van der Waals surface area (Å²) < 4.78 is 6.74. The van der Waals surface area contributed by atoms with Gasteiger partial charge in [-0.1, -0.05) is 30.7 Å². The molecule has 1 fully saturated rings. The molecule has 1 saturated heterocycles. The van der Waals surface area contributed by atoms with Gasteiger partial charge in [0.05, 0.1) is 30.2 Å². The average Bonchev–Trinajstić information content (AvgIpc) is 3.30. The highest BCUT2D eigenvalue weighted by Gasteiger charge is 2.41. The number of pyridine rings is 1. The third kappa shape index (κ3) is 3.18. The molecule has 1 aromatic carbocycles. The quantitative estimate of drug-likeness (QED) is 0.428. The number of nitrogens with zero attached hydrogens (tertiary/aromatic N) is 6. The predicted octanol–water partition coefficient (Wildman–Crippen LogP) is 3.64. The molecule has 2 aliphatic rings. The van der Waals surface area contributed by atoms with Gasteiger partial charge in [-0.25, -0.2) is 0 Å². The largest absolute Gasteiger partial charge is 0.330 e. The highest BCUT2D eigenvalue weighted by Crippen LogP contribution is 2.28. The summed E-state index contributed by atoms with van der Waals surface area (Å²) in [7, 11) is 0. The number of benzene rings is 1. The van der Waals surface area contributed by atoms with Crippen molar-refractivity contribution in [2.45, 2.75) is 32.9 Å². The van der Waals surface area contributed by atoms with Gasteiger partial charge in [0.15, 0.2) is 17.9 Å². The van der Waals surface area contributed by atoms with E-state index in [0.717, 1.165) is 51.9 Å². The first-order chi connectivity index (χ1) is 16.0. The Morgan fingerprint density at radius 1 is 1.15 bits per heavy atom. The maximum absolute atomic E-state index is 12.0. The number of hydrogen-bond donors (Lipinski definition) is 0. The molecule has 1 amide bonds. The summed E-state index contributed by atoms with van der Waals surface area (Å²) in [6.45, 7) is 6.12. The molecule has 5 heterocycles. The minimum atomic E-state index is 0.220. The van der Waals surface area contributed by atoms with Crippen LogP contribution < -0.4 is 0 Å². The van der Waals surface area contributed by atoms with E-state index in [0.29, 0.717) is 19.0 Å². The summed E-state index contributed by atoms with van der Waals surface area (Å²) in [5.74, 6) is 1.08. The van der Waals surface area contributed by atoms with Gasteiger partial charge >= 0.3 is 0 Å². The van der Waals surface area contributed by atoms with Crippen LogP contribution in [0.4, 0.5) is 0 Å². The van der Waals surface area contributed by atoms with Crippen LogP contribution in [0, 0.1) is 6.92 Å². The fraction of sp³-hybridized carbons (Fsp3) is 0.280. The van der Waals surface area contributed by atoms with Crippen molar-refractivity contribution in [3.63, 3.8) is 0 Å². The average molecular weight is 460 g/mol. The van der Waals surface area contributed by atoms with Crippen molar-refractivity contribution >= 4 is 39.9 Å². The monoisotopic (exact) mass is 459 g/mol. The molecule has 3 aromatic heterocycles. The van der Waals surface area contributed by atoms with Crippen LogP contribution in [0.2, 0.25) is 5.02 Å². The molecule has 7 nitrogen and oxygen atoms in total. The van der Waals surface area contributed by atoms with Crippen molar-refractivity contribution in [3.05, 3.63) is 76.8 Å². The molecule has 166 valence electrons. The number of fused-ring (bicyclic) bond motifs is 3. The zero-order valence-electron chi connectivity index (χ0n) is 18.6. The fourth-order valence-corrected chi connectivity index (χ4v) is 5.08. The Bertz CT molecular complexity index is 1490. The molecule has 0 radical (unpaired) electrons. The lowest BCUT2D eigenvalue weighted by Gasteiger charge is -2.37. The van der Waals surface area contributed by atoms with Crippen molar-refractivity contribution in [3.8, 4) is 0 Å². The van der Waals surface area contributed by atoms with E-state index in [2.05, 4.69) is 54.2 Å². The topological polar surface area (TPSA) is 58.4 Å². The summed E-state index contributed by atoms with van der Waals surface area (Å²) in [6, 6.07) is 14.7. The van der Waals surface area contributed by atoms with Gasteiger partial charge in [-0.2, -0.15) is 4.58 Å². The molecule has 0 aliphatic carbocycles. The lowest BCUT2D eigenvalue weighted by atomic mass is 10.0. The van der Waals surface area contributed by atoms with Crippen molar-refractivity contribution in [1.29, 1.82) is 0 Å². The van der Waals surface area contributed by atoms with Gasteiger partial charge in [0.25, 0.3) is 0 Å². The molecule has 8 heteroatoms. The third-order valence-corrected chi connectivity index (χ3v) is 6.91. The highest BCUT2D eigenvalue weighted by atomic mass is 35.5. The number of allylic oxidation sites excluding steroid dienone is 1. The second-order valence-electron chi connectivity index (χ2n) is 8.70. The minimum Gasteiger partial charge on any atom is -0.330 e. The molecular weight excluding hydrogens is 436 g/mol. The first-order valence-electron chi connectivity index (χ1n) is 11.2. The molecule has 0 saturated carbocycles. The van der Waals surface area contributed by atoms with E-state index in [1.165, 1.54) is 5.71 Å². The van der Waals surface area contributed by atoms with Crippen LogP contribution in [0.3, 0.4) is 0 Å². The first-order valence-corrected chi connectivity index (χ1v) is 11.6. The standard InChI is InChI=1S/C25H24ClN6O/c1-3-25(33)29-14-19(15-29)30-10-9-21(30)22-12-23-20(7-8-24-28-27-16(2)32(23)24)31(22)13-17-5-4-6-18(26)11-17/h4-12,19H,3,13-15H2,1-2H3/q+1. The Labute approximate surface area is 196 Å². The predicted molar refractivity (Wildman–Crippen MR) is 128 cm³/mol. The van der Waals surface area contributed by atoms with Gasteiger partial charge in [-0.15, -0.1) is 10.2 Å². The van der Waals surface area contributed by atoms with Gasteiger partial charge in [0, 0.05) is 18.0 Å². The second kappa shape index (κ2) is 7.56. The van der Waals surface area contributed by atoms with Crippen LogP contribution >= 0.6 is 11.6 Å². The SMILES string of the molecule is CCC(=O)N1CC([N+]2=C(c3cc4c(ccc5nnc(C)n54)n3Cc3cccc(Cl)c3)C=C2)C1. The number of amides is 1. The van der Waals surface area contributed by atoms with Crippen LogP contribution in [0.25, 0.3) is 16.7 Å². The zero-order valence-corrected chi connectivity index (χ0v) is 19.3. The Balaban J connectivity index is 1.47. The summed E-state index contributed by atoms with van der Waals surface area (Å²) in [6.07, 6.45) is 4.83. The molecule has 0 spiro atoms. The molecule has 6 rings (SSSR count). The van der Waals surface area contributed by atoms with Gasteiger partial charge < -0.3 is 9.47 Å². The van der Waals surface area contributed by atoms with Gasteiger partial charge in [-0.3, -0.25) is 9.20 Å². The lowest BCUT2D eigenvalue weighted by molar-refractivity contribution is -0.524. The Morgan fingerprint density at radius 3 is 2.73 bits per heavy atom. The molecule has 0 bridgehead atoms. The molecule has 0 N–H and O–H groups in total. The Hall–Kier alpha value is -3.45. The number of likely N-dealkylation sites (tertiary alicyclic amines) is 1. The molecule has 0 unspecified atom stereocenters. The number of hydrogen-bond acceptors (Lipinski definition) is 3. The number of carbonyl (C=O) groups is 1. The normalized spacial score (nSPS) is 16.0. The third-order valence-electron chi connectivity index (χ3n) is 6.67. The van der Waals surface area contributed by atoms with E-state index >= 15 is 0 Å². The van der Waals surface area contributed by atoms with E-state index in [1.807, 2.05) is 43.0 Å². The molecule has 4 aromatic rings. The fourth-order valence-electron chi connectivity index (χ4n) is 4.87. The highest BCUT2D eigenvalue weighted by molar-refractivity contribution is 6.30. The van der Waals surface area contributed by atoms with Crippen LogP contribution in [-0.4, -0.2) is 59.4 Å². The Morgan fingerprint density at radius 2 is 2.00 bits per heavy atom. The van der Waals surface area contributed by atoms with Gasteiger partial charge in [-0.05, 0) is 42.8 Å². The molecular formula is C25H24ClN6O+. The van der Waals surface area contributed by atoms with E-state index in [-0.39, 0.29) is 5.91 Å². The lowest BCUT2D eigenvalue weighted by Crippen LogP contribution is -2.59. The summed E-state index contributed by atoms with van der Waals surface area (Å²) >= 11 is 6.28. The molecule has 33 heavy (non-hydrogen) atoms. The van der Waals surface area contributed by atoms with Crippen LogP contribution in [0.15, 0.2) is 54.7 Å². The van der Waals surface area contributed by atoms with E-state index in [9.17, 15) is 4.79 Å². The van der Waals surface area contributed by atoms with Gasteiger partial charge in [0.1, 0.15) is 11.5 Å². The zero-order chi connectivity index (χ0) is 22.7. The van der Waals surface area contributed by atoms with E-state index in [1.54, 1.807) is 0 Å². The van der Waals surface area contributed by atoms with E-state index < -0.39 is 0 Å². The van der Waals surface area contributed by atoms with E-state index in [4.69, 9.17) is 11.6 Å². The summed E-state index contributed by atoms with van der Waals surface area (Å²) in [4.78, 5) is 13.9. The molecule has 0 atom stereocenters. The number of carbonyl (C=O) groups excluding carboxylic acids is 1. The summed E-state index contributed by atoms with van der Waals surface area (Å²) in [5.41, 5.74) is 6.47. The first kappa shape index (κ1) is 20.2. The Kier molecular flexibility index (Phi) is 4.62. The van der Waals surface area contributed by atoms with Crippen molar-refractivity contribution in [1.82, 2.24) is 24.1 Å². The van der Waals surface area contributed by atoms with Gasteiger partial charge in [0.2, 0.25) is 11.6 Å². The maximum atomic E-state index is 12.0. The second-order valence-corrected chi connectivity index (χ2v) is 9.14. The maximum Gasteiger partial charge on any atom is 0.235 e. The van der Waals surface area contributed by atoms with Crippen molar-refractivity contribution < 1.29 is 9.37 Å². The number of aromatic nitrogens is 4. The number of rotatable bonds is 5. The van der Waals surface area contributed by atoms with Crippen LogP contribution in [0.1, 0.15) is 30.4 Å². The van der Waals surface area contributed by atoms with Crippen LogP contribution in [-0.2, 0) is 11.3 Å². The number of halogens is 1. The van der Waals surface area contributed by atoms with Crippen LogP contribution in [0.5, 0.6) is 0 Å². The smallest absolute Gasteiger partial charge is 0.235 e.